The van der Waals surface area contributed by atoms with Crippen LogP contribution in [0.3, 0.4) is 0 Å². The highest BCUT2D eigenvalue weighted by molar-refractivity contribution is 7.89. The van der Waals surface area contributed by atoms with E-state index in [1.54, 1.807) is 24.4 Å². The van der Waals surface area contributed by atoms with Crippen molar-refractivity contribution in [3.05, 3.63) is 53.7 Å². The van der Waals surface area contributed by atoms with E-state index in [1.807, 2.05) is 31.1 Å². The van der Waals surface area contributed by atoms with Crippen molar-refractivity contribution < 1.29 is 13.2 Å². The number of hydrogen-bond acceptors (Lipinski definition) is 5. The van der Waals surface area contributed by atoms with Gasteiger partial charge in [-0.2, -0.15) is 4.31 Å². The number of sulfonamides is 1. The molecule has 0 aliphatic carbocycles. The molecule has 1 saturated heterocycles. The Kier molecular flexibility index (Phi) is 6.87. The van der Waals surface area contributed by atoms with Gasteiger partial charge in [-0.25, -0.2) is 13.4 Å². The molecule has 3 rings (SSSR count). The highest BCUT2D eigenvalue weighted by atomic mass is 32.2. The van der Waals surface area contributed by atoms with Crippen molar-refractivity contribution in [3.8, 4) is 0 Å². The van der Waals surface area contributed by atoms with Gasteiger partial charge in [-0.3, -0.25) is 4.79 Å². The lowest BCUT2D eigenvalue weighted by Gasteiger charge is -2.20. The van der Waals surface area contributed by atoms with Crippen LogP contribution in [-0.4, -0.2) is 50.8 Å². The van der Waals surface area contributed by atoms with E-state index in [1.165, 1.54) is 10.4 Å². The quantitative estimate of drug-likeness (QED) is 0.783. The molecule has 2 aromatic rings. The predicted octanol–water partition coefficient (Wildman–Crippen LogP) is 2.64. The van der Waals surface area contributed by atoms with Crippen LogP contribution in [0.4, 0.5) is 5.82 Å². The number of nitrogens with zero attached hydrogens (tertiary/aromatic N) is 3. The number of carbonyl (C=O) groups is 1. The zero-order valence-corrected chi connectivity index (χ0v) is 17.8. The molecule has 0 unspecified atom stereocenters. The summed E-state index contributed by atoms with van der Waals surface area (Å²) < 4.78 is 27.5. The lowest BCUT2D eigenvalue weighted by molar-refractivity contribution is 0.0950. The molecule has 0 spiro atoms. The first-order valence-electron chi connectivity index (χ1n) is 9.88. The molecule has 0 bridgehead atoms. The fourth-order valence-corrected chi connectivity index (χ4v) is 4.86. The molecule has 8 heteroatoms. The van der Waals surface area contributed by atoms with Gasteiger partial charge in [0.2, 0.25) is 10.0 Å². The van der Waals surface area contributed by atoms with Crippen LogP contribution >= 0.6 is 0 Å². The molecule has 1 aliphatic heterocycles. The molecule has 156 valence electrons. The summed E-state index contributed by atoms with van der Waals surface area (Å²) in [5, 5.41) is 2.83. The minimum absolute atomic E-state index is 0.170. The second-order valence-electron chi connectivity index (χ2n) is 7.45. The first-order chi connectivity index (χ1) is 13.9. The lowest BCUT2D eigenvalue weighted by atomic mass is 10.2. The van der Waals surface area contributed by atoms with Crippen LogP contribution in [0.25, 0.3) is 0 Å². The number of benzene rings is 1. The minimum atomic E-state index is -3.58. The highest BCUT2D eigenvalue weighted by Crippen LogP contribution is 2.21. The molecule has 1 N–H and O–H groups in total. The average molecular weight is 417 g/mol. The van der Waals surface area contributed by atoms with E-state index >= 15 is 0 Å². The largest absolute Gasteiger partial charge is 0.363 e. The molecule has 1 aromatic heterocycles. The molecule has 7 nitrogen and oxygen atoms in total. The van der Waals surface area contributed by atoms with Crippen molar-refractivity contribution in [2.45, 2.75) is 37.1 Å². The minimum Gasteiger partial charge on any atom is -0.363 e. The Hall–Kier alpha value is -2.45. The van der Waals surface area contributed by atoms with E-state index in [-0.39, 0.29) is 10.8 Å². The maximum absolute atomic E-state index is 13.0. The predicted molar refractivity (Wildman–Crippen MR) is 113 cm³/mol. The monoisotopic (exact) mass is 416 g/mol. The zero-order chi connectivity index (χ0) is 20.9. The van der Waals surface area contributed by atoms with Crippen LogP contribution in [0.15, 0.2) is 47.5 Å². The fourth-order valence-electron chi connectivity index (χ4n) is 3.30. The van der Waals surface area contributed by atoms with E-state index in [2.05, 4.69) is 10.3 Å². The van der Waals surface area contributed by atoms with Gasteiger partial charge < -0.3 is 10.2 Å². The van der Waals surface area contributed by atoms with Gasteiger partial charge in [0.25, 0.3) is 5.91 Å². The Morgan fingerprint density at radius 3 is 2.45 bits per heavy atom. The first kappa shape index (κ1) is 21.3. The molecule has 0 atom stereocenters. The van der Waals surface area contributed by atoms with Gasteiger partial charge in [-0.05, 0) is 42.7 Å². The number of aromatic nitrogens is 1. The Morgan fingerprint density at radius 1 is 1.10 bits per heavy atom. The fraction of sp³-hybridized carbons (Fsp3) is 0.429. The van der Waals surface area contributed by atoms with Crippen LogP contribution in [0.5, 0.6) is 0 Å². The average Bonchev–Trinajstić information content (AvgIpc) is 3.02. The van der Waals surface area contributed by atoms with Crippen LogP contribution in [0.1, 0.15) is 41.6 Å². The summed E-state index contributed by atoms with van der Waals surface area (Å²) in [4.78, 5) is 19.0. The van der Waals surface area contributed by atoms with Gasteiger partial charge in [-0.1, -0.05) is 25.0 Å². The zero-order valence-electron chi connectivity index (χ0n) is 17.0. The third-order valence-electron chi connectivity index (χ3n) is 5.02. The van der Waals surface area contributed by atoms with Crippen LogP contribution in [0.2, 0.25) is 0 Å². The van der Waals surface area contributed by atoms with E-state index in [4.69, 9.17) is 0 Å². The van der Waals surface area contributed by atoms with Crippen LogP contribution < -0.4 is 10.2 Å². The number of carbonyl (C=O) groups excluding carboxylic acids is 1. The Labute approximate surface area is 172 Å². The topological polar surface area (TPSA) is 82.6 Å². The molecule has 29 heavy (non-hydrogen) atoms. The second kappa shape index (κ2) is 9.37. The molecule has 1 amide bonds. The molecule has 0 radical (unpaired) electrons. The molecule has 2 heterocycles. The molecular formula is C21H28N4O3S. The molecule has 1 fully saturated rings. The van der Waals surface area contributed by atoms with Crippen molar-refractivity contribution in [1.29, 1.82) is 0 Å². The van der Waals surface area contributed by atoms with Crippen molar-refractivity contribution in [1.82, 2.24) is 14.6 Å². The Bertz CT molecular complexity index is 935. The van der Waals surface area contributed by atoms with Gasteiger partial charge in [0, 0.05) is 45.5 Å². The summed E-state index contributed by atoms with van der Waals surface area (Å²) in [6.45, 7) is 1.39. The normalized spacial score (nSPS) is 15.5. The van der Waals surface area contributed by atoms with Gasteiger partial charge in [0.05, 0.1) is 4.90 Å². The Balaban J connectivity index is 1.68. The molecule has 1 aliphatic rings. The summed E-state index contributed by atoms with van der Waals surface area (Å²) >= 11 is 0. The summed E-state index contributed by atoms with van der Waals surface area (Å²) in [6.07, 6.45) is 5.58. The molecular weight excluding hydrogens is 388 g/mol. The van der Waals surface area contributed by atoms with Crippen molar-refractivity contribution in [2.24, 2.45) is 0 Å². The van der Waals surface area contributed by atoms with Crippen molar-refractivity contribution in [3.63, 3.8) is 0 Å². The van der Waals surface area contributed by atoms with Gasteiger partial charge in [0.1, 0.15) is 5.82 Å². The van der Waals surface area contributed by atoms with Crippen LogP contribution in [0, 0.1) is 0 Å². The lowest BCUT2D eigenvalue weighted by Crippen LogP contribution is -2.32. The SMILES string of the molecule is CN(C)c1ccc(CNC(=O)c2cccc(S(=O)(=O)N3CCCCCC3)c2)cn1. The van der Waals surface area contributed by atoms with Crippen molar-refractivity contribution >= 4 is 21.7 Å². The smallest absolute Gasteiger partial charge is 0.251 e. The first-order valence-corrected chi connectivity index (χ1v) is 11.3. The number of pyridine rings is 1. The summed E-state index contributed by atoms with van der Waals surface area (Å²) in [5.74, 6) is 0.529. The standard InChI is InChI=1S/C21H28N4O3S/c1-24(2)20-11-10-17(15-22-20)16-23-21(26)18-8-7-9-19(14-18)29(27,28)25-12-5-3-4-6-13-25/h7-11,14-15H,3-6,12-13,16H2,1-2H3,(H,23,26). The third-order valence-corrected chi connectivity index (χ3v) is 6.91. The van der Waals surface area contributed by atoms with E-state index in [0.717, 1.165) is 37.1 Å². The second-order valence-corrected chi connectivity index (χ2v) is 9.39. The van der Waals surface area contributed by atoms with Gasteiger partial charge >= 0.3 is 0 Å². The number of rotatable bonds is 6. The van der Waals surface area contributed by atoms with Gasteiger partial charge in [0.15, 0.2) is 0 Å². The van der Waals surface area contributed by atoms with Crippen molar-refractivity contribution in [2.75, 3.05) is 32.1 Å². The van der Waals surface area contributed by atoms with Gasteiger partial charge in [-0.15, -0.1) is 0 Å². The maximum Gasteiger partial charge on any atom is 0.251 e. The number of amides is 1. The van der Waals surface area contributed by atoms with E-state index in [0.29, 0.717) is 25.2 Å². The summed E-state index contributed by atoms with van der Waals surface area (Å²) in [5.41, 5.74) is 1.20. The number of anilines is 1. The summed E-state index contributed by atoms with van der Waals surface area (Å²) in [7, 11) is 0.244. The molecule has 0 saturated carbocycles. The maximum atomic E-state index is 13.0. The molecule has 1 aromatic carbocycles. The third kappa shape index (κ3) is 5.33. The van der Waals surface area contributed by atoms with E-state index in [9.17, 15) is 13.2 Å². The number of hydrogen-bond donors (Lipinski definition) is 1. The number of nitrogens with one attached hydrogen (secondary N) is 1. The summed E-state index contributed by atoms with van der Waals surface area (Å²) in [6, 6.07) is 10.1. The Morgan fingerprint density at radius 2 is 1.83 bits per heavy atom. The van der Waals surface area contributed by atoms with E-state index < -0.39 is 10.0 Å². The van der Waals surface area contributed by atoms with Crippen LogP contribution in [-0.2, 0) is 16.6 Å². The highest BCUT2D eigenvalue weighted by Gasteiger charge is 2.25.